The first-order valence-electron chi connectivity index (χ1n) is 8.63. The van der Waals surface area contributed by atoms with Crippen molar-refractivity contribution in [2.24, 2.45) is 4.99 Å². The first-order valence-corrected chi connectivity index (χ1v) is 9.01. The van der Waals surface area contributed by atoms with Crippen molar-refractivity contribution in [3.8, 4) is 0 Å². The van der Waals surface area contributed by atoms with E-state index in [1.54, 1.807) is 7.11 Å². The summed E-state index contributed by atoms with van der Waals surface area (Å²) in [5.74, 6) is 0.794. The topological polar surface area (TPSA) is 65.9 Å². The predicted octanol–water partition coefficient (Wildman–Crippen LogP) is 3.50. The lowest BCUT2D eigenvalue weighted by molar-refractivity contribution is 0.110. The number of rotatable bonds is 6. The Labute approximate surface area is 172 Å². The number of aliphatic hydroxyl groups excluding tert-OH is 1. The molecular formula is C18H29ClIN3O2. The number of halogens is 2. The van der Waals surface area contributed by atoms with E-state index in [0.29, 0.717) is 17.6 Å². The molecule has 0 heterocycles. The van der Waals surface area contributed by atoms with Crippen LogP contribution in [0.5, 0.6) is 0 Å². The maximum absolute atomic E-state index is 9.62. The summed E-state index contributed by atoms with van der Waals surface area (Å²) < 4.78 is 5.57. The maximum Gasteiger partial charge on any atom is 0.191 e. The molecule has 0 amide bonds. The van der Waals surface area contributed by atoms with Crippen molar-refractivity contribution in [2.75, 3.05) is 20.2 Å². The molecule has 5 nitrogen and oxygen atoms in total. The Bertz CT molecular complexity index is 537. The van der Waals surface area contributed by atoms with E-state index in [-0.39, 0.29) is 36.2 Å². The van der Waals surface area contributed by atoms with Crippen LogP contribution in [-0.2, 0) is 4.74 Å². The van der Waals surface area contributed by atoms with E-state index in [1.165, 1.54) is 0 Å². The van der Waals surface area contributed by atoms with Crippen molar-refractivity contribution >= 4 is 41.5 Å². The summed E-state index contributed by atoms with van der Waals surface area (Å²) in [6.07, 6.45) is 3.34. The highest BCUT2D eigenvalue weighted by Gasteiger charge is 2.20. The Morgan fingerprint density at radius 3 is 2.68 bits per heavy atom. The third kappa shape index (κ3) is 7.68. The Kier molecular flexibility index (Phi) is 10.7. The Morgan fingerprint density at radius 1 is 1.36 bits per heavy atom. The largest absolute Gasteiger partial charge is 0.393 e. The van der Waals surface area contributed by atoms with Crippen LogP contribution in [-0.4, -0.2) is 43.4 Å². The van der Waals surface area contributed by atoms with Gasteiger partial charge < -0.3 is 20.5 Å². The number of benzene rings is 1. The molecule has 25 heavy (non-hydrogen) atoms. The molecule has 0 aromatic heterocycles. The molecule has 142 valence electrons. The number of hydrogen-bond donors (Lipinski definition) is 3. The molecule has 1 saturated carbocycles. The standard InChI is InChI=1S/C18H28ClN3O2.HI/c1-3-20-18(22-15-7-9-16(23)10-8-15)21-12-17(24-2)13-5-4-6-14(19)11-13;/h4-6,11,15-17,23H,3,7-10,12H2,1-2H3,(H2,20,21,22);1H. The molecule has 0 saturated heterocycles. The predicted molar refractivity (Wildman–Crippen MR) is 114 cm³/mol. The van der Waals surface area contributed by atoms with E-state index < -0.39 is 0 Å². The summed E-state index contributed by atoms with van der Waals surface area (Å²) in [6, 6.07) is 8.04. The molecule has 0 bridgehead atoms. The van der Waals surface area contributed by atoms with E-state index in [9.17, 15) is 5.11 Å². The van der Waals surface area contributed by atoms with Crippen molar-refractivity contribution in [1.29, 1.82) is 0 Å². The molecule has 1 atom stereocenters. The van der Waals surface area contributed by atoms with Crippen LogP contribution in [0.1, 0.15) is 44.3 Å². The molecule has 7 heteroatoms. The first kappa shape index (κ1) is 22.5. The molecule has 0 radical (unpaired) electrons. The number of nitrogens with one attached hydrogen (secondary N) is 2. The second kappa shape index (κ2) is 11.9. The SMILES string of the molecule is CCNC(=NCC(OC)c1cccc(Cl)c1)NC1CCC(O)CC1.I. The van der Waals surface area contributed by atoms with Crippen LogP contribution >= 0.6 is 35.6 Å². The third-order valence-electron chi connectivity index (χ3n) is 4.30. The molecule has 0 aliphatic heterocycles. The van der Waals surface area contributed by atoms with Crippen LogP contribution in [0.4, 0.5) is 0 Å². The van der Waals surface area contributed by atoms with Gasteiger partial charge in [0.25, 0.3) is 0 Å². The van der Waals surface area contributed by atoms with E-state index in [4.69, 9.17) is 16.3 Å². The quantitative estimate of drug-likeness (QED) is 0.331. The number of aliphatic hydroxyl groups is 1. The molecule has 1 fully saturated rings. The van der Waals surface area contributed by atoms with Gasteiger partial charge in [-0.25, -0.2) is 0 Å². The summed E-state index contributed by atoms with van der Waals surface area (Å²) in [6.45, 7) is 3.37. The Hall–Kier alpha value is -0.570. The zero-order valence-corrected chi connectivity index (χ0v) is 18.0. The highest BCUT2D eigenvalue weighted by molar-refractivity contribution is 14.0. The third-order valence-corrected chi connectivity index (χ3v) is 4.54. The lowest BCUT2D eigenvalue weighted by Crippen LogP contribution is -2.45. The van der Waals surface area contributed by atoms with E-state index >= 15 is 0 Å². The molecule has 1 unspecified atom stereocenters. The van der Waals surface area contributed by atoms with Gasteiger partial charge in [0.15, 0.2) is 5.96 Å². The summed E-state index contributed by atoms with van der Waals surface area (Å²) in [5, 5.41) is 17.1. The van der Waals surface area contributed by atoms with Crippen LogP contribution in [0.15, 0.2) is 29.3 Å². The van der Waals surface area contributed by atoms with Crippen molar-refractivity contribution in [2.45, 2.75) is 50.9 Å². The Morgan fingerprint density at radius 2 is 2.08 bits per heavy atom. The van der Waals surface area contributed by atoms with Gasteiger partial charge in [0.2, 0.25) is 0 Å². The van der Waals surface area contributed by atoms with Gasteiger partial charge in [-0.2, -0.15) is 0 Å². The maximum atomic E-state index is 9.62. The molecule has 1 aliphatic carbocycles. The van der Waals surface area contributed by atoms with Crippen LogP contribution in [0, 0.1) is 0 Å². The fraction of sp³-hybridized carbons (Fsp3) is 0.611. The molecular weight excluding hydrogens is 453 g/mol. The lowest BCUT2D eigenvalue weighted by Gasteiger charge is -2.27. The molecule has 1 aliphatic rings. The molecule has 1 aromatic rings. The summed E-state index contributed by atoms with van der Waals surface area (Å²) in [7, 11) is 1.68. The second-order valence-electron chi connectivity index (χ2n) is 6.15. The minimum Gasteiger partial charge on any atom is -0.393 e. The van der Waals surface area contributed by atoms with Crippen LogP contribution < -0.4 is 10.6 Å². The number of guanidine groups is 1. The van der Waals surface area contributed by atoms with Gasteiger partial charge in [0.05, 0.1) is 12.6 Å². The van der Waals surface area contributed by atoms with Crippen molar-refractivity contribution in [1.82, 2.24) is 10.6 Å². The number of nitrogens with zero attached hydrogens (tertiary/aromatic N) is 1. The zero-order chi connectivity index (χ0) is 17.4. The van der Waals surface area contributed by atoms with E-state index in [0.717, 1.165) is 43.8 Å². The van der Waals surface area contributed by atoms with E-state index in [1.807, 2.05) is 31.2 Å². The number of methoxy groups -OCH3 is 1. The number of ether oxygens (including phenoxy) is 1. The summed E-state index contributed by atoms with van der Waals surface area (Å²) in [4.78, 5) is 4.67. The molecule has 3 N–H and O–H groups in total. The van der Waals surface area contributed by atoms with E-state index in [2.05, 4.69) is 15.6 Å². The average Bonchev–Trinajstić information content (AvgIpc) is 2.57. The lowest BCUT2D eigenvalue weighted by atomic mass is 9.93. The van der Waals surface area contributed by atoms with Gasteiger partial charge in [-0.1, -0.05) is 23.7 Å². The highest BCUT2D eigenvalue weighted by atomic mass is 127. The fourth-order valence-electron chi connectivity index (χ4n) is 2.93. The second-order valence-corrected chi connectivity index (χ2v) is 6.59. The smallest absolute Gasteiger partial charge is 0.191 e. The van der Waals surface area contributed by atoms with Crippen LogP contribution in [0.2, 0.25) is 5.02 Å². The number of hydrogen-bond acceptors (Lipinski definition) is 3. The summed E-state index contributed by atoms with van der Waals surface area (Å²) >= 11 is 6.06. The molecule has 2 rings (SSSR count). The zero-order valence-electron chi connectivity index (χ0n) is 14.9. The average molecular weight is 482 g/mol. The molecule has 0 spiro atoms. The van der Waals surface area contributed by atoms with Crippen molar-refractivity contribution in [3.05, 3.63) is 34.9 Å². The van der Waals surface area contributed by atoms with Gasteiger partial charge in [-0.3, -0.25) is 4.99 Å². The van der Waals surface area contributed by atoms with Crippen LogP contribution in [0.3, 0.4) is 0 Å². The van der Waals surface area contributed by atoms with Crippen molar-refractivity contribution in [3.63, 3.8) is 0 Å². The molecule has 1 aromatic carbocycles. The van der Waals surface area contributed by atoms with Gasteiger partial charge in [0.1, 0.15) is 6.10 Å². The van der Waals surface area contributed by atoms with Gasteiger partial charge in [-0.15, -0.1) is 24.0 Å². The number of aliphatic imine (C=N–C) groups is 1. The van der Waals surface area contributed by atoms with Crippen molar-refractivity contribution < 1.29 is 9.84 Å². The van der Waals surface area contributed by atoms with Crippen LogP contribution in [0.25, 0.3) is 0 Å². The monoisotopic (exact) mass is 481 g/mol. The Balaban J connectivity index is 0.00000312. The fourth-order valence-corrected chi connectivity index (χ4v) is 3.13. The minimum absolute atomic E-state index is 0. The van der Waals surface area contributed by atoms with Gasteiger partial charge >= 0.3 is 0 Å². The van der Waals surface area contributed by atoms with Gasteiger partial charge in [-0.05, 0) is 50.3 Å². The normalized spacial score (nSPS) is 22.0. The minimum atomic E-state index is -0.150. The first-order chi connectivity index (χ1) is 11.6. The highest BCUT2D eigenvalue weighted by Crippen LogP contribution is 2.21. The summed E-state index contributed by atoms with van der Waals surface area (Å²) in [5.41, 5.74) is 1.02. The van der Waals surface area contributed by atoms with Gasteiger partial charge in [0, 0.05) is 24.7 Å².